The lowest BCUT2D eigenvalue weighted by Gasteiger charge is -2.24. The second-order valence-electron chi connectivity index (χ2n) is 3.77. The minimum Gasteiger partial charge on any atom is -0.348 e. The summed E-state index contributed by atoms with van der Waals surface area (Å²) in [4.78, 5) is 5.22. The third kappa shape index (κ3) is 4.60. The third-order valence-electron chi connectivity index (χ3n) is 2.23. The van der Waals surface area contributed by atoms with Crippen LogP contribution in [0.4, 0.5) is 19.0 Å². The van der Waals surface area contributed by atoms with E-state index in [2.05, 4.69) is 4.98 Å². The molecule has 0 spiro atoms. The molecule has 17 heavy (non-hydrogen) atoms. The Kier molecular flexibility index (Phi) is 4.74. The first kappa shape index (κ1) is 13.8. The van der Waals surface area contributed by atoms with Crippen molar-refractivity contribution in [2.75, 3.05) is 18.0 Å². The fourth-order valence-corrected chi connectivity index (χ4v) is 1.49. The lowest BCUT2D eigenvalue weighted by atomic mass is 10.2. The van der Waals surface area contributed by atoms with Crippen molar-refractivity contribution in [2.45, 2.75) is 26.1 Å². The molecule has 3 nitrogen and oxygen atoms in total. The molecule has 2 N–H and O–H groups in total. The minimum absolute atomic E-state index is 0.328. The molecule has 96 valence electrons. The van der Waals surface area contributed by atoms with Crippen molar-refractivity contribution in [1.29, 1.82) is 0 Å². The van der Waals surface area contributed by atoms with Gasteiger partial charge in [-0.2, -0.15) is 13.2 Å². The summed E-state index contributed by atoms with van der Waals surface area (Å²) in [6.07, 6.45) is -2.08. The molecule has 0 aromatic carbocycles. The maximum Gasteiger partial charge on any atom is 0.405 e. The number of pyridine rings is 1. The zero-order chi connectivity index (χ0) is 12.9. The Hall–Kier alpha value is -1.30. The van der Waals surface area contributed by atoms with Gasteiger partial charge in [0.25, 0.3) is 0 Å². The molecule has 0 aliphatic carbocycles. The molecule has 0 fully saturated rings. The molecule has 1 heterocycles. The van der Waals surface area contributed by atoms with E-state index in [0.717, 1.165) is 5.56 Å². The van der Waals surface area contributed by atoms with Gasteiger partial charge >= 0.3 is 6.18 Å². The highest BCUT2D eigenvalue weighted by Gasteiger charge is 2.30. The molecule has 0 aliphatic heterocycles. The van der Waals surface area contributed by atoms with Crippen LogP contribution in [0.15, 0.2) is 18.3 Å². The van der Waals surface area contributed by atoms with Gasteiger partial charge in [-0.05, 0) is 18.1 Å². The maximum absolute atomic E-state index is 12.4. The fraction of sp³-hybridized carbons (Fsp3) is 0.545. The summed E-state index contributed by atoms with van der Waals surface area (Å²) in [7, 11) is 0. The van der Waals surface area contributed by atoms with E-state index in [0.29, 0.717) is 25.3 Å². The summed E-state index contributed by atoms with van der Waals surface area (Å²) in [5.41, 5.74) is 6.21. The second kappa shape index (κ2) is 5.86. The molecule has 0 saturated carbocycles. The molecule has 1 rings (SSSR count). The number of hydrogen-bond acceptors (Lipinski definition) is 3. The van der Waals surface area contributed by atoms with Crippen molar-refractivity contribution in [2.24, 2.45) is 5.73 Å². The number of nitrogens with two attached hydrogens (primary N) is 1. The van der Waals surface area contributed by atoms with Crippen LogP contribution < -0.4 is 10.6 Å². The molecule has 1 aromatic heterocycles. The molecule has 0 unspecified atom stereocenters. The lowest BCUT2D eigenvalue weighted by molar-refractivity contribution is -0.119. The molecule has 0 bridgehead atoms. The Morgan fingerprint density at radius 2 is 2.06 bits per heavy atom. The van der Waals surface area contributed by atoms with Crippen LogP contribution in [0.3, 0.4) is 0 Å². The Morgan fingerprint density at radius 3 is 2.47 bits per heavy atom. The zero-order valence-corrected chi connectivity index (χ0v) is 9.67. The first-order chi connectivity index (χ1) is 7.96. The van der Waals surface area contributed by atoms with Crippen molar-refractivity contribution in [1.82, 2.24) is 4.98 Å². The number of alkyl halides is 3. The van der Waals surface area contributed by atoms with Crippen LogP contribution in [0.2, 0.25) is 0 Å². The molecular formula is C11H16F3N3. The van der Waals surface area contributed by atoms with Crippen molar-refractivity contribution in [3.05, 3.63) is 23.9 Å². The largest absolute Gasteiger partial charge is 0.405 e. The van der Waals surface area contributed by atoms with Gasteiger partial charge in [0, 0.05) is 19.3 Å². The minimum atomic E-state index is -4.22. The monoisotopic (exact) mass is 247 g/mol. The van der Waals surface area contributed by atoms with E-state index in [4.69, 9.17) is 5.73 Å². The normalized spacial score (nSPS) is 11.6. The van der Waals surface area contributed by atoms with E-state index >= 15 is 0 Å². The lowest BCUT2D eigenvalue weighted by Crippen LogP contribution is -2.35. The fourth-order valence-electron chi connectivity index (χ4n) is 1.49. The van der Waals surface area contributed by atoms with Crippen LogP contribution in [0.5, 0.6) is 0 Å². The van der Waals surface area contributed by atoms with Gasteiger partial charge in [-0.3, -0.25) is 0 Å². The highest BCUT2D eigenvalue weighted by Crippen LogP contribution is 2.20. The predicted molar refractivity (Wildman–Crippen MR) is 60.7 cm³/mol. The van der Waals surface area contributed by atoms with E-state index < -0.39 is 12.7 Å². The van der Waals surface area contributed by atoms with Crippen LogP contribution in [0.25, 0.3) is 0 Å². The van der Waals surface area contributed by atoms with Gasteiger partial charge < -0.3 is 10.6 Å². The molecule has 0 saturated heterocycles. The van der Waals surface area contributed by atoms with E-state index in [1.54, 1.807) is 12.1 Å². The number of aromatic nitrogens is 1. The molecular weight excluding hydrogens is 231 g/mol. The SMILES string of the molecule is CCCN(CC(F)(F)F)c1ccc(CN)cn1. The molecule has 6 heteroatoms. The second-order valence-corrected chi connectivity index (χ2v) is 3.77. The highest BCUT2D eigenvalue weighted by molar-refractivity contribution is 5.39. The summed E-state index contributed by atoms with van der Waals surface area (Å²) in [6.45, 7) is 1.52. The molecule has 0 atom stereocenters. The topological polar surface area (TPSA) is 42.1 Å². The number of nitrogens with zero attached hydrogens (tertiary/aromatic N) is 2. The third-order valence-corrected chi connectivity index (χ3v) is 2.23. The van der Waals surface area contributed by atoms with Crippen LogP contribution in [0, 0.1) is 0 Å². The van der Waals surface area contributed by atoms with Crippen LogP contribution >= 0.6 is 0 Å². The summed E-state index contributed by atoms with van der Waals surface area (Å²) in [6, 6.07) is 3.27. The van der Waals surface area contributed by atoms with Crippen molar-refractivity contribution >= 4 is 5.82 Å². The Bertz CT molecular complexity index is 335. The van der Waals surface area contributed by atoms with Crippen molar-refractivity contribution in [3.63, 3.8) is 0 Å². The van der Waals surface area contributed by atoms with Gasteiger partial charge in [0.1, 0.15) is 12.4 Å². The summed E-state index contributed by atoms with van der Waals surface area (Å²) in [5.74, 6) is 0.335. The summed E-state index contributed by atoms with van der Waals surface area (Å²) in [5, 5.41) is 0. The maximum atomic E-state index is 12.4. The smallest absolute Gasteiger partial charge is 0.348 e. The average molecular weight is 247 g/mol. The van der Waals surface area contributed by atoms with E-state index in [-0.39, 0.29) is 0 Å². The van der Waals surface area contributed by atoms with Crippen molar-refractivity contribution < 1.29 is 13.2 Å². The first-order valence-corrected chi connectivity index (χ1v) is 5.43. The van der Waals surface area contributed by atoms with E-state index in [1.165, 1.54) is 11.1 Å². The van der Waals surface area contributed by atoms with Gasteiger partial charge in [-0.15, -0.1) is 0 Å². The van der Waals surface area contributed by atoms with Gasteiger partial charge in [0.15, 0.2) is 0 Å². The van der Waals surface area contributed by atoms with Gasteiger partial charge in [-0.1, -0.05) is 13.0 Å². The number of anilines is 1. The summed E-state index contributed by atoms with van der Waals surface area (Å²) >= 11 is 0. The summed E-state index contributed by atoms with van der Waals surface area (Å²) < 4.78 is 37.1. The quantitative estimate of drug-likeness (QED) is 0.868. The van der Waals surface area contributed by atoms with Crippen LogP contribution in [-0.2, 0) is 6.54 Å². The van der Waals surface area contributed by atoms with Crippen molar-refractivity contribution in [3.8, 4) is 0 Å². The average Bonchev–Trinajstić information content (AvgIpc) is 2.27. The predicted octanol–water partition coefficient (Wildman–Crippen LogP) is 2.32. The number of halogens is 3. The van der Waals surface area contributed by atoms with Gasteiger partial charge in [0.05, 0.1) is 0 Å². The molecule has 0 radical (unpaired) electrons. The van der Waals surface area contributed by atoms with Crippen LogP contribution in [-0.4, -0.2) is 24.2 Å². The van der Waals surface area contributed by atoms with E-state index in [9.17, 15) is 13.2 Å². The zero-order valence-electron chi connectivity index (χ0n) is 9.67. The van der Waals surface area contributed by atoms with Gasteiger partial charge in [0.2, 0.25) is 0 Å². The Balaban J connectivity index is 2.81. The number of hydrogen-bond donors (Lipinski definition) is 1. The molecule has 1 aromatic rings. The van der Waals surface area contributed by atoms with E-state index in [1.807, 2.05) is 6.92 Å². The Morgan fingerprint density at radius 1 is 1.35 bits per heavy atom. The van der Waals surface area contributed by atoms with Gasteiger partial charge in [-0.25, -0.2) is 4.98 Å². The first-order valence-electron chi connectivity index (χ1n) is 5.43. The Labute approximate surface area is 98.4 Å². The van der Waals surface area contributed by atoms with Crippen LogP contribution in [0.1, 0.15) is 18.9 Å². The highest BCUT2D eigenvalue weighted by atomic mass is 19.4. The number of rotatable bonds is 5. The standard InChI is InChI=1S/C11H16F3N3/c1-2-5-17(8-11(12,13)14)10-4-3-9(6-15)7-16-10/h3-4,7H,2,5-6,8,15H2,1H3. The molecule has 0 amide bonds. The molecule has 0 aliphatic rings.